The van der Waals surface area contributed by atoms with Crippen LogP contribution in [0, 0.1) is 11.3 Å². The van der Waals surface area contributed by atoms with Crippen molar-refractivity contribution in [2.24, 2.45) is 16.8 Å². The summed E-state index contributed by atoms with van der Waals surface area (Å²) in [6.45, 7) is 0. The number of primary sulfonamides is 1. The summed E-state index contributed by atoms with van der Waals surface area (Å²) in [6.07, 6.45) is 0.808. The molecule has 3 atom stereocenters. The second-order valence-electron chi connectivity index (χ2n) is 10.1. The van der Waals surface area contributed by atoms with E-state index in [0.29, 0.717) is 22.4 Å². The molecule has 39 heavy (non-hydrogen) atoms. The molecule has 3 unspecified atom stereocenters. The maximum absolute atomic E-state index is 12.1. The number of nitrogens with two attached hydrogens (primary N) is 2. The number of amidine groups is 1. The number of phenolic OH excluding ortho intramolecular Hbond substituents is 1. The lowest BCUT2D eigenvalue weighted by atomic mass is 9.74. The monoisotopic (exact) mass is 540 g/mol. The Morgan fingerprint density at radius 1 is 1.00 bits per heavy atom. The SMILES string of the molecule is COc1cc(C2Nc3ccc(C(=N)N)cc3C3c4ccccc4CC23)c(-c2cccc(S(N)(=O)=O)c2)cc1O. The van der Waals surface area contributed by atoms with Crippen LogP contribution in [0.1, 0.15) is 39.8 Å². The van der Waals surface area contributed by atoms with Crippen molar-refractivity contribution in [1.82, 2.24) is 0 Å². The Hall–Kier alpha value is -4.34. The molecule has 2 aliphatic rings. The Morgan fingerprint density at radius 3 is 2.54 bits per heavy atom. The van der Waals surface area contributed by atoms with Gasteiger partial charge in [0.15, 0.2) is 11.5 Å². The largest absolute Gasteiger partial charge is 0.504 e. The third-order valence-corrected chi connectivity index (χ3v) is 8.78. The lowest BCUT2D eigenvalue weighted by Gasteiger charge is -2.39. The van der Waals surface area contributed by atoms with Crippen LogP contribution in [0.15, 0.2) is 83.8 Å². The predicted octanol–water partition coefficient (Wildman–Crippen LogP) is 4.47. The molecule has 9 heteroatoms. The van der Waals surface area contributed by atoms with Crippen molar-refractivity contribution in [1.29, 1.82) is 5.41 Å². The van der Waals surface area contributed by atoms with Crippen LogP contribution < -0.4 is 20.9 Å². The highest BCUT2D eigenvalue weighted by Crippen LogP contribution is 2.55. The Labute approximate surface area is 226 Å². The minimum Gasteiger partial charge on any atom is -0.504 e. The van der Waals surface area contributed by atoms with Crippen LogP contribution in [-0.2, 0) is 16.4 Å². The molecule has 0 spiro atoms. The van der Waals surface area contributed by atoms with E-state index >= 15 is 0 Å². The van der Waals surface area contributed by atoms with E-state index in [-0.39, 0.29) is 34.4 Å². The minimum absolute atomic E-state index is 0.00822. The number of nitrogen functional groups attached to an aromatic ring is 1. The van der Waals surface area contributed by atoms with Gasteiger partial charge in [-0.1, -0.05) is 36.4 Å². The molecule has 0 amide bonds. The Bertz CT molecular complexity index is 1750. The number of hydrogen-bond acceptors (Lipinski definition) is 6. The number of aromatic hydroxyl groups is 1. The fourth-order valence-electron chi connectivity index (χ4n) is 6.13. The molecule has 1 aliphatic heterocycles. The number of fused-ring (bicyclic) bond motifs is 5. The maximum atomic E-state index is 12.1. The number of rotatable bonds is 5. The van der Waals surface area contributed by atoms with Gasteiger partial charge >= 0.3 is 0 Å². The number of ether oxygens (including phenoxy) is 1. The number of sulfonamides is 1. The highest BCUT2D eigenvalue weighted by atomic mass is 32.2. The third-order valence-electron chi connectivity index (χ3n) is 7.87. The molecule has 0 fully saturated rings. The standard InChI is InChI=1S/C30H28N4O4S/c1-38-27-15-22(21(14-26(27)35)16-6-4-7-19(11-16)39(33,36)37)29-24-12-17-5-2-3-8-20(17)28(24)23-13-18(30(31)32)9-10-25(23)34-29/h2-11,13-15,24,28-29,34-35H,12H2,1H3,(H3,31,32)(H2,33,36,37). The molecule has 0 saturated heterocycles. The summed E-state index contributed by atoms with van der Waals surface area (Å²) in [5, 5.41) is 27.9. The first-order valence-electron chi connectivity index (χ1n) is 12.5. The molecular weight excluding hydrogens is 512 g/mol. The molecule has 0 radical (unpaired) electrons. The summed E-state index contributed by atoms with van der Waals surface area (Å²) in [6, 6.07) is 23.8. The maximum Gasteiger partial charge on any atom is 0.238 e. The van der Waals surface area contributed by atoms with E-state index in [1.807, 2.05) is 36.4 Å². The first kappa shape index (κ1) is 25.0. The average molecular weight is 541 g/mol. The van der Waals surface area contributed by atoms with Gasteiger partial charge in [-0.15, -0.1) is 0 Å². The van der Waals surface area contributed by atoms with Gasteiger partial charge < -0.3 is 20.9 Å². The molecule has 0 saturated carbocycles. The van der Waals surface area contributed by atoms with E-state index in [0.717, 1.165) is 23.2 Å². The molecule has 6 rings (SSSR count). The van der Waals surface area contributed by atoms with Crippen molar-refractivity contribution >= 4 is 21.5 Å². The van der Waals surface area contributed by atoms with Gasteiger partial charge in [0, 0.05) is 17.2 Å². The van der Waals surface area contributed by atoms with Crippen LogP contribution in [-0.4, -0.2) is 26.5 Å². The smallest absolute Gasteiger partial charge is 0.238 e. The van der Waals surface area contributed by atoms with Crippen molar-refractivity contribution in [2.75, 3.05) is 12.4 Å². The van der Waals surface area contributed by atoms with Crippen molar-refractivity contribution in [3.8, 4) is 22.6 Å². The van der Waals surface area contributed by atoms with Crippen molar-refractivity contribution < 1.29 is 18.3 Å². The summed E-state index contributed by atoms with van der Waals surface area (Å²) in [5.74, 6) is 0.425. The number of anilines is 1. The zero-order valence-electron chi connectivity index (χ0n) is 21.2. The topological polar surface area (TPSA) is 152 Å². The lowest BCUT2D eigenvalue weighted by Crippen LogP contribution is -2.31. The zero-order valence-corrected chi connectivity index (χ0v) is 22.0. The van der Waals surface area contributed by atoms with Crippen LogP contribution in [0.5, 0.6) is 11.5 Å². The summed E-state index contributed by atoms with van der Waals surface area (Å²) in [5.41, 5.74) is 13.2. The Kier molecular flexibility index (Phi) is 5.85. The van der Waals surface area contributed by atoms with E-state index in [2.05, 4.69) is 17.4 Å². The van der Waals surface area contributed by atoms with Gasteiger partial charge in [0.05, 0.1) is 18.0 Å². The van der Waals surface area contributed by atoms with Crippen LogP contribution in [0.25, 0.3) is 11.1 Å². The molecule has 198 valence electrons. The van der Waals surface area contributed by atoms with E-state index in [1.165, 1.54) is 30.4 Å². The van der Waals surface area contributed by atoms with Crippen LogP contribution in [0.3, 0.4) is 0 Å². The number of benzene rings is 4. The van der Waals surface area contributed by atoms with Crippen LogP contribution in [0.2, 0.25) is 0 Å². The highest BCUT2D eigenvalue weighted by molar-refractivity contribution is 7.89. The van der Waals surface area contributed by atoms with Crippen molar-refractivity contribution in [3.05, 3.63) is 107 Å². The summed E-state index contributed by atoms with van der Waals surface area (Å²) in [4.78, 5) is -0.00822. The summed E-state index contributed by atoms with van der Waals surface area (Å²) >= 11 is 0. The Morgan fingerprint density at radius 2 is 1.79 bits per heavy atom. The van der Waals surface area contributed by atoms with Crippen LogP contribution in [0.4, 0.5) is 5.69 Å². The molecule has 4 aromatic carbocycles. The third kappa shape index (κ3) is 4.20. The normalized spacial score (nSPS) is 19.4. The average Bonchev–Trinajstić information content (AvgIpc) is 3.32. The summed E-state index contributed by atoms with van der Waals surface area (Å²) in [7, 11) is -2.42. The number of nitrogens with one attached hydrogen (secondary N) is 2. The second-order valence-corrected chi connectivity index (χ2v) is 11.6. The van der Waals surface area contributed by atoms with Crippen molar-refractivity contribution in [2.45, 2.75) is 23.3 Å². The second kappa shape index (κ2) is 9.14. The zero-order chi connectivity index (χ0) is 27.5. The molecule has 7 N–H and O–H groups in total. The van der Waals surface area contributed by atoms with E-state index in [9.17, 15) is 13.5 Å². The predicted molar refractivity (Wildman–Crippen MR) is 151 cm³/mol. The number of phenols is 1. The van der Waals surface area contributed by atoms with Crippen LogP contribution >= 0.6 is 0 Å². The van der Waals surface area contributed by atoms with E-state index < -0.39 is 10.0 Å². The number of hydrogen-bond donors (Lipinski definition) is 5. The van der Waals surface area contributed by atoms with Gasteiger partial charge in [0.2, 0.25) is 10.0 Å². The molecule has 0 bridgehead atoms. The summed E-state index contributed by atoms with van der Waals surface area (Å²) < 4.78 is 29.8. The van der Waals surface area contributed by atoms with E-state index in [1.54, 1.807) is 18.2 Å². The fourth-order valence-corrected chi connectivity index (χ4v) is 6.69. The lowest BCUT2D eigenvalue weighted by molar-refractivity contribution is 0.370. The first-order valence-corrected chi connectivity index (χ1v) is 14.1. The Balaban J connectivity index is 1.57. The van der Waals surface area contributed by atoms with Gasteiger partial charge in [-0.05, 0) is 88.2 Å². The number of methoxy groups -OCH3 is 1. The highest BCUT2D eigenvalue weighted by Gasteiger charge is 2.44. The van der Waals surface area contributed by atoms with Gasteiger partial charge in [-0.3, -0.25) is 5.41 Å². The van der Waals surface area contributed by atoms with Gasteiger partial charge in [0.1, 0.15) is 5.84 Å². The quantitative estimate of drug-likeness (QED) is 0.186. The fraction of sp³-hybridized carbons (Fsp3) is 0.167. The van der Waals surface area contributed by atoms with Gasteiger partial charge in [-0.25, -0.2) is 13.6 Å². The molecule has 8 nitrogen and oxygen atoms in total. The molecular formula is C30H28N4O4S. The minimum atomic E-state index is -3.93. The van der Waals surface area contributed by atoms with E-state index in [4.69, 9.17) is 21.0 Å². The molecule has 1 aliphatic carbocycles. The van der Waals surface area contributed by atoms with Crippen molar-refractivity contribution in [3.63, 3.8) is 0 Å². The van der Waals surface area contributed by atoms with Gasteiger partial charge in [0.25, 0.3) is 0 Å². The molecule has 0 aromatic heterocycles. The van der Waals surface area contributed by atoms with Gasteiger partial charge in [-0.2, -0.15) is 0 Å². The molecule has 1 heterocycles. The molecule has 4 aromatic rings. The first-order chi connectivity index (χ1) is 18.7.